The van der Waals surface area contributed by atoms with Gasteiger partial charge in [0.25, 0.3) is 0 Å². The van der Waals surface area contributed by atoms with Gasteiger partial charge in [0.1, 0.15) is 0 Å². The highest BCUT2D eigenvalue weighted by molar-refractivity contribution is 5.85. The summed E-state index contributed by atoms with van der Waals surface area (Å²) in [5, 5.41) is 2.92. The molecule has 0 saturated carbocycles. The molecule has 1 aliphatic rings. The van der Waals surface area contributed by atoms with Gasteiger partial charge in [-0.05, 0) is 11.1 Å². The van der Waals surface area contributed by atoms with E-state index < -0.39 is 0 Å². The fraction of sp³-hybridized carbons (Fsp3) is 0.588. The molecule has 3 N–H and O–H groups in total. The molecule has 1 saturated heterocycles. The zero-order valence-electron chi connectivity index (χ0n) is 14.6. The van der Waals surface area contributed by atoms with E-state index >= 15 is 0 Å². The van der Waals surface area contributed by atoms with Crippen molar-refractivity contribution in [3.05, 3.63) is 35.4 Å². The number of morpholine rings is 1. The Balaban J connectivity index is 0.00000288. The highest BCUT2D eigenvalue weighted by Gasteiger charge is 2.12. The Hall–Kier alpha value is -0.890. The molecule has 1 amide bonds. The van der Waals surface area contributed by atoms with Crippen molar-refractivity contribution >= 4 is 30.7 Å². The van der Waals surface area contributed by atoms with E-state index in [1.165, 1.54) is 5.56 Å². The van der Waals surface area contributed by atoms with E-state index in [0.717, 1.165) is 38.4 Å². The molecule has 2 rings (SSSR count). The average molecular weight is 394 g/mol. The Bertz CT molecular complexity index is 496. The van der Waals surface area contributed by atoms with Gasteiger partial charge in [0.15, 0.2) is 0 Å². The number of benzene rings is 1. The third kappa shape index (κ3) is 8.85. The number of amides is 1. The van der Waals surface area contributed by atoms with Gasteiger partial charge >= 0.3 is 0 Å². The minimum Gasteiger partial charge on any atom is -0.380 e. The summed E-state index contributed by atoms with van der Waals surface area (Å²) in [5.41, 5.74) is 7.89. The predicted octanol–water partition coefficient (Wildman–Crippen LogP) is 1.34. The summed E-state index contributed by atoms with van der Waals surface area (Å²) in [6, 6.07) is 8.33. The number of halogens is 2. The van der Waals surface area contributed by atoms with Gasteiger partial charge in [0.05, 0.1) is 25.7 Å². The number of ether oxygens (including phenoxy) is 2. The maximum absolute atomic E-state index is 11.9. The van der Waals surface area contributed by atoms with Crippen LogP contribution in [-0.2, 0) is 27.4 Å². The molecule has 1 heterocycles. The van der Waals surface area contributed by atoms with Crippen LogP contribution in [0.5, 0.6) is 0 Å². The Morgan fingerprint density at radius 2 is 2.00 bits per heavy atom. The van der Waals surface area contributed by atoms with E-state index in [4.69, 9.17) is 15.2 Å². The van der Waals surface area contributed by atoms with E-state index in [2.05, 4.69) is 22.3 Å². The van der Waals surface area contributed by atoms with Gasteiger partial charge in [-0.15, -0.1) is 24.8 Å². The topological polar surface area (TPSA) is 76.8 Å². The molecule has 25 heavy (non-hydrogen) atoms. The maximum Gasteiger partial charge on any atom is 0.222 e. The second-order valence-corrected chi connectivity index (χ2v) is 5.78. The summed E-state index contributed by atoms with van der Waals surface area (Å²) in [6.45, 7) is 5.34. The normalized spacial score (nSPS) is 15.6. The number of carbonyl (C=O) groups excluding carboxylic acids is 1. The lowest BCUT2D eigenvalue weighted by atomic mass is 10.1. The predicted molar refractivity (Wildman–Crippen MR) is 103 cm³/mol. The summed E-state index contributed by atoms with van der Waals surface area (Å²) in [6.07, 6.45) is 0.0724. The number of nitrogens with two attached hydrogens (primary N) is 1. The summed E-state index contributed by atoms with van der Waals surface area (Å²) in [5.74, 6) is -0.0408. The van der Waals surface area contributed by atoms with Gasteiger partial charge in [0.2, 0.25) is 5.91 Å². The molecule has 1 aromatic rings. The van der Waals surface area contributed by atoms with Crippen LogP contribution in [0.2, 0.25) is 0 Å². The Kier molecular flexibility index (Phi) is 12.9. The monoisotopic (exact) mass is 393 g/mol. The van der Waals surface area contributed by atoms with E-state index in [1.54, 1.807) is 7.11 Å². The zero-order valence-corrected chi connectivity index (χ0v) is 16.2. The van der Waals surface area contributed by atoms with Crippen LogP contribution in [0.1, 0.15) is 17.5 Å². The minimum absolute atomic E-state index is 0. The van der Waals surface area contributed by atoms with Gasteiger partial charge in [-0.3, -0.25) is 9.69 Å². The molecule has 1 fully saturated rings. The molecule has 0 bridgehead atoms. The first-order valence-electron chi connectivity index (χ1n) is 8.08. The van der Waals surface area contributed by atoms with E-state index in [1.807, 2.05) is 12.1 Å². The minimum atomic E-state index is -0.220. The first-order valence-corrected chi connectivity index (χ1v) is 8.08. The van der Waals surface area contributed by atoms with Gasteiger partial charge in [-0.1, -0.05) is 24.3 Å². The molecule has 144 valence electrons. The third-order valence-corrected chi connectivity index (χ3v) is 4.00. The number of nitrogens with one attached hydrogen (secondary N) is 1. The van der Waals surface area contributed by atoms with Crippen LogP contribution in [0.15, 0.2) is 24.3 Å². The van der Waals surface area contributed by atoms with Crippen LogP contribution in [0.4, 0.5) is 0 Å². The molecule has 0 radical (unpaired) electrons. The molecular weight excluding hydrogens is 365 g/mol. The average Bonchev–Trinajstić information content (AvgIpc) is 2.59. The van der Waals surface area contributed by atoms with Crippen molar-refractivity contribution in [3.8, 4) is 0 Å². The SMILES string of the molecule is COC(CN)CC(=O)NCc1cccc(CN2CCOCC2)c1.Cl.Cl. The lowest BCUT2D eigenvalue weighted by Gasteiger charge is -2.26. The first-order chi connectivity index (χ1) is 11.2. The molecule has 1 unspecified atom stereocenters. The van der Waals surface area contributed by atoms with Crippen LogP contribution in [-0.4, -0.2) is 56.9 Å². The van der Waals surface area contributed by atoms with Crippen LogP contribution in [0, 0.1) is 0 Å². The summed E-state index contributed by atoms with van der Waals surface area (Å²) in [7, 11) is 1.57. The maximum atomic E-state index is 11.9. The van der Waals surface area contributed by atoms with Crippen molar-refractivity contribution in [1.82, 2.24) is 10.2 Å². The van der Waals surface area contributed by atoms with E-state index in [0.29, 0.717) is 19.5 Å². The van der Waals surface area contributed by atoms with Crippen LogP contribution in [0.25, 0.3) is 0 Å². The molecule has 1 aromatic carbocycles. The van der Waals surface area contributed by atoms with Crippen molar-refractivity contribution in [2.45, 2.75) is 25.6 Å². The smallest absolute Gasteiger partial charge is 0.222 e. The second-order valence-electron chi connectivity index (χ2n) is 5.78. The Labute approximate surface area is 162 Å². The Morgan fingerprint density at radius 1 is 1.32 bits per heavy atom. The number of nitrogens with zero attached hydrogens (tertiary/aromatic N) is 1. The zero-order chi connectivity index (χ0) is 16.5. The van der Waals surface area contributed by atoms with Crippen LogP contribution in [0.3, 0.4) is 0 Å². The van der Waals surface area contributed by atoms with E-state index in [9.17, 15) is 4.79 Å². The second kappa shape index (κ2) is 13.3. The fourth-order valence-electron chi connectivity index (χ4n) is 2.60. The van der Waals surface area contributed by atoms with E-state index in [-0.39, 0.29) is 36.8 Å². The lowest BCUT2D eigenvalue weighted by molar-refractivity contribution is -0.123. The highest BCUT2D eigenvalue weighted by Crippen LogP contribution is 2.10. The largest absolute Gasteiger partial charge is 0.380 e. The number of methoxy groups -OCH3 is 1. The van der Waals surface area contributed by atoms with Crippen molar-refractivity contribution in [1.29, 1.82) is 0 Å². The van der Waals surface area contributed by atoms with Crippen molar-refractivity contribution in [2.75, 3.05) is 40.0 Å². The molecule has 8 heteroatoms. The third-order valence-electron chi connectivity index (χ3n) is 4.00. The van der Waals surface area contributed by atoms with Crippen molar-refractivity contribution < 1.29 is 14.3 Å². The molecule has 0 aromatic heterocycles. The van der Waals surface area contributed by atoms with Gasteiger partial charge < -0.3 is 20.5 Å². The fourth-order valence-corrected chi connectivity index (χ4v) is 2.60. The number of hydrogen-bond donors (Lipinski definition) is 2. The highest BCUT2D eigenvalue weighted by atomic mass is 35.5. The van der Waals surface area contributed by atoms with Gasteiger partial charge in [-0.2, -0.15) is 0 Å². The molecule has 1 atom stereocenters. The standard InChI is InChI=1S/C17H27N3O3.2ClH/c1-22-16(11-18)10-17(21)19-12-14-3-2-4-15(9-14)13-20-5-7-23-8-6-20;;/h2-4,9,16H,5-8,10-13,18H2,1H3,(H,19,21);2*1H. The Morgan fingerprint density at radius 3 is 2.64 bits per heavy atom. The van der Waals surface area contributed by atoms with Gasteiger partial charge in [0, 0.05) is 39.8 Å². The van der Waals surface area contributed by atoms with Crippen molar-refractivity contribution in [2.24, 2.45) is 5.73 Å². The number of carbonyl (C=O) groups is 1. The summed E-state index contributed by atoms with van der Waals surface area (Å²) >= 11 is 0. The molecular formula is C17H29Cl2N3O3. The summed E-state index contributed by atoms with van der Waals surface area (Å²) in [4.78, 5) is 14.3. The van der Waals surface area contributed by atoms with Crippen LogP contribution < -0.4 is 11.1 Å². The molecule has 0 spiro atoms. The first kappa shape index (κ1) is 24.1. The summed E-state index contributed by atoms with van der Waals surface area (Å²) < 4.78 is 10.5. The van der Waals surface area contributed by atoms with Crippen molar-refractivity contribution in [3.63, 3.8) is 0 Å². The molecule has 1 aliphatic heterocycles. The number of hydrogen-bond acceptors (Lipinski definition) is 5. The lowest BCUT2D eigenvalue weighted by Crippen LogP contribution is -2.35. The molecule has 0 aliphatic carbocycles. The van der Waals surface area contributed by atoms with Crippen LogP contribution >= 0.6 is 24.8 Å². The quantitative estimate of drug-likeness (QED) is 0.696. The van der Waals surface area contributed by atoms with Gasteiger partial charge in [-0.25, -0.2) is 0 Å². The molecule has 6 nitrogen and oxygen atoms in total. The number of rotatable bonds is 8.